The summed E-state index contributed by atoms with van der Waals surface area (Å²) in [5.74, 6) is -3.05. The van der Waals surface area contributed by atoms with Crippen LogP contribution in [0.4, 0.5) is 17.6 Å². The highest BCUT2D eigenvalue weighted by molar-refractivity contribution is 6.32. The van der Waals surface area contributed by atoms with Crippen molar-refractivity contribution in [1.82, 2.24) is 9.78 Å². The van der Waals surface area contributed by atoms with E-state index in [4.69, 9.17) is 21.4 Å². The molecule has 158 valence electrons. The average Bonchev–Trinajstić information content (AvgIpc) is 3.07. The maximum absolute atomic E-state index is 14.6. The highest BCUT2D eigenvalue weighted by Gasteiger charge is 2.36. The molecule has 31 heavy (non-hydrogen) atoms. The third-order valence-corrected chi connectivity index (χ3v) is 4.75. The SMILES string of the molecule is O=C(O)c1ccc(-n2nc(Oc3c(Cl)cccc3C(F)(F)F)c3ccccc32)c(F)c1. The van der Waals surface area contributed by atoms with Crippen molar-refractivity contribution in [1.29, 1.82) is 0 Å². The monoisotopic (exact) mass is 450 g/mol. The number of ether oxygens (including phenoxy) is 1. The Hall–Kier alpha value is -3.59. The molecule has 0 aliphatic rings. The number of carboxylic acid groups (broad SMARTS) is 1. The van der Waals surface area contributed by atoms with Crippen LogP contribution in [-0.4, -0.2) is 20.9 Å². The molecule has 0 saturated carbocycles. The summed E-state index contributed by atoms with van der Waals surface area (Å²) >= 11 is 5.96. The van der Waals surface area contributed by atoms with Gasteiger partial charge < -0.3 is 9.84 Å². The lowest BCUT2D eigenvalue weighted by Gasteiger charge is -2.13. The van der Waals surface area contributed by atoms with E-state index in [1.807, 2.05) is 0 Å². The van der Waals surface area contributed by atoms with Crippen LogP contribution in [0.15, 0.2) is 60.7 Å². The zero-order valence-electron chi connectivity index (χ0n) is 15.3. The summed E-state index contributed by atoms with van der Waals surface area (Å²) in [4.78, 5) is 11.1. The molecule has 0 spiro atoms. The van der Waals surface area contributed by atoms with Crippen LogP contribution in [0, 0.1) is 5.82 Å². The second-order valence-electron chi connectivity index (χ2n) is 6.42. The first-order valence-electron chi connectivity index (χ1n) is 8.71. The quantitative estimate of drug-likeness (QED) is 0.369. The van der Waals surface area contributed by atoms with Gasteiger partial charge in [0.1, 0.15) is 11.5 Å². The number of nitrogens with zero attached hydrogens (tertiary/aromatic N) is 2. The van der Waals surface area contributed by atoms with Gasteiger partial charge >= 0.3 is 12.1 Å². The fourth-order valence-corrected chi connectivity index (χ4v) is 3.25. The molecular formula is C21H11ClF4N2O3. The van der Waals surface area contributed by atoms with Crippen LogP contribution in [0.1, 0.15) is 15.9 Å². The van der Waals surface area contributed by atoms with Gasteiger partial charge in [0.15, 0.2) is 5.75 Å². The second kappa shape index (κ2) is 7.59. The molecule has 0 radical (unpaired) electrons. The van der Waals surface area contributed by atoms with Crippen molar-refractivity contribution >= 4 is 28.5 Å². The van der Waals surface area contributed by atoms with Gasteiger partial charge in [0.2, 0.25) is 5.88 Å². The summed E-state index contributed by atoms with van der Waals surface area (Å²) in [6, 6.07) is 12.8. The predicted molar refractivity (Wildman–Crippen MR) is 105 cm³/mol. The maximum atomic E-state index is 14.6. The summed E-state index contributed by atoms with van der Waals surface area (Å²) in [5.41, 5.74) is -1.12. The van der Waals surface area contributed by atoms with Crippen LogP contribution >= 0.6 is 11.6 Å². The fraction of sp³-hybridized carbons (Fsp3) is 0.0476. The van der Waals surface area contributed by atoms with Crippen molar-refractivity contribution in [2.45, 2.75) is 6.18 Å². The molecule has 0 aliphatic carbocycles. The van der Waals surface area contributed by atoms with E-state index in [2.05, 4.69) is 5.10 Å². The van der Waals surface area contributed by atoms with E-state index in [9.17, 15) is 22.4 Å². The van der Waals surface area contributed by atoms with Gasteiger partial charge in [0.25, 0.3) is 0 Å². The molecule has 5 nitrogen and oxygen atoms in total. The van der Waals surface area contributed by atoms with E-state index < -0.39 is 29.3 Å². The standard InChI is InChI=1S/C21H11ClF4N2O3/c22-14-6-3-5-13(21(24,25)26)18(14)31-19-12-4-1-2-7-16(12)28(27-19)17-9-8-11(20(29)30)10-15(17)23/h1-10H,(H,29,30). The lowest BCUT2D eigenvalue weighted by molar-refractivity contribution is -0.138. The predicted octanol–water partition coefficient (Wildman–Crippen LogP) is 6.33. The number of hydrogen-bond acceptors (Lipinski definition) is 3. The Morgan fingerprint density at radius 3 is 2.48 bits per heavy atom. The normalized spacial score (nSPS) is 11.6. The van der Waals surface area contributed by atoms with Crippen LogP contribution in [0.5, 0.6) is 11.6 Å². The van der Waals surface area contributed by atoms with Gasteiger partial charge in [-0.05, 0) is 42.5 Å². The number of carbonyl (C=O) groups is 1. The molecule has 0 bridgehead atoms. The number of aromatic carboxylic acids is 1. The van der Waals surface area contributed by atoms with E-state index in [1.54, 1.807) is 24.3 Å². The maximum Gasteiger partial charge on any atom is 0.420 e. The number of para-hydroxylation sites is 2. The van der Waals surface area contributed by atoms with E-state index in [0.717, 1.165) is 22.9 Å². The smallest absolute Gasteiger partial charge is 0.420 e. The number of halogens is 5. The summed E-state index contributed by atoms with van der Waals surface area (Å²) in [6.07, 6.45) is -4.72. The molecule has 0 aliphatic heterocycles. The summed E-state index contributed by atoms with van der Waals surface area (Å²) in [5, 5.41) is 13.2. The Labute approximate surface area is 177 Å². The third kappa shape index (κ3) is 3.79. The van der Waals surface area contributed by atoms with E-state index in [-0.39, 0.29) is 22.2 Å². The Bertz CT molecular complexity index is 1320. The average molecular weight is 451 g/mol. The number of benzene rings is 3. The van der Waals surface area contributed by atoms with Gasteiger partial charge in [-0.15, -0.1) is 5.10 Å². The van der Waals surface area contributed by atoms with Gasteiger partial charge in [0.05, 0.1) is 27.1 Å². The molecule has 4 aromatic rings. The highest BCUT2D eigenvalue weighted by atomic mass is 35.5. The Balaban J connectivity index is 1.88. The molecule has 0 saturated heterocycles. The number of rotatable bonds is 4. The Morgan fingerprint density at radius 1 is 1.06 bits per heavy atom. The molecule has 1 N–H and O–H groups in total. The minimum atomic E-state index is -4.72. The summed E-state index contributed by atoms with van der Waals surface area (Å²) in [7, 11) is 0. The van der Waals surface area contributed by atoms with Crippen LogP contribution in [0.25, 0.3) is 16.6 Å². The van der Waals surface area contributed by atoms with Gasteiger partial charge in [-0.1, -0.05) is 29.8 Å². The van der Waals surface area contributed by atoms with Crippen LogP contribution < -0.4 is 4.74 Å². The van der Waals surface area contributed by atoms with E-state index in [0.29, 0.717) is 10.9 Å². The number of hydrogen-bond donors (Lipinski definition) is 1. The molecule has 0 amide bonds. The molecule has 10 heteroatoms. The molecule has 0 fully saturated rings. The van der Waals surface area contributed by atoms with Gasteiger partial charge in [0, 0.05) is 0 Å². The topological polar surface area (TPSA) is 64.3 Å². The van der Waals surface area contributed by atoms with Gasteiger partial charge in [-0.3, -0.25) is 0 Å². The molecule has 1 aromatic heterocycles. The third-order valence-electron chi connectivity index (χ3n) is 4.45. The van der Waals surface area contributed by atoms with Crippen molar-refractivity contribution in [2.24, 2.45) is 0 Å². The first-order valence-corrected chi connectivity index (χ1v) is 9.09. The molecular weight excluding hydrogens is 440 g/mol. The lowest BCUT2D eigenvalue weighted by Crippen LogP contribution is -2.07. The highest BCUT2D eigenvalue weighted by Crippen LogP contribution is 2.43. The van der Waals surface area contributed by atoms with Gasteiger partial charge in [-0.2, -0.15) is 13.2 Å². The van der Waals surface area contributed by atoms with E-state index in [1.165, 1.54) is 18.2 Å². The first kappa shape index (κ1) is 20.7. The van der Waals surface area contributed by atoms with Crippen LogP contribution in [0.2, 0.25) is 5.02 Å². The zero-order valence-corrected chi connectivity index (χ0v) is 16.1. The van der Waals surface area contributed by atoms with Gasteiger partial charge in [-0.25, -0.2) is 13.9 Å². The first-order chi connectivity index (χ1) is 14.7. The minimum Gasteiger partial charge on any atom is -0.478 e. The van der Waals surface area contributed by atoms with Crippen molar-refractivity contribution in [3.63, 3.8) is 0 Å². The van der Waals surface area contributed by atoms with E-state index >= 15 is 0 Å². The van der Waals surface area contributed by atoms with Crippen molar-refractivity contribution in [3.05, 3.63) is 82.6 Å². The largest absolute Gasteiger partial charge is 0.478 e. The minimum absolute atomic E-state index is 0.105. The summed E-state index contributed by atoms with van der Waals surface area (Å²) < 4.78 is 61.4. The van der Waals surface area contributed by atoms with Crippen LogP contribution in [0.3, 0.4) is 0 Å². The molecule has 0 unspecified atom stereocenters. The number of fused-ring (bicyclic) bond motifs is 1. The number of aromatic nitrogens is 2. The molecule has 4 rings (SSSR count). The molecule has 0 atom stereocenters. The Morgan fingerprint density at radius 2 is 1.81 bits per heavy atom. The fourth-order valence-electron chi connectivity index (χ4n) is 3.04. The van der Waals surface area contributed by atoms with Crippen molar-refractivity contribution in [2.75, 3.05) is 0 Å². The molecule has 3 aromatic carbocycles. The number of carboxylic acids is 1. The van der Waals surface area contributed by atoms with Crippen molar-refractivity contribution in [3.8, 4) is 17.3 Å². The van der Waals surface area contributed by atoms with Crippen LogP contribution in [-0.2, 0) is 6.18 Å². The van der Waals surface area contributed by atoms with Crippen molar-refractivity contribution < 1.29 is 32.2 Å². The lowest BCUT2D eigenvalue weighted by atomic mass is 10.2. The zero-order chi connectivity index (χ0) is 22.3. The number of alkyl halides is 3. The molecule has 1 heterocycles. The Kier molecular flexibility index (Phi) is 5.06. The summed E-state index contributed by atoms with van der Waals surface area (Å²) in [6.45, 7) is 0. The second-order valence-corrected chi connectivity index (χ2v) is 6.83.